The second-order valence-corrected chi connectivity index (χ2v) is 6.29. The molecule has 3 unspecified atom stereocenters. The molecule has 19 heavy (non-hydrogen) atoms. The molecule has 1 aliphatic rings. The van der Waals surface area contributed by atoms with E-state index in [1.807, 2.05) is 7.05 Å². The largest absolute Gasteiger partial charge is 0.394 e. The van der Waals surface area contributed by atoms with Crippen LogP contribution in [-0.2, 0) is 0 Å². The number of nitrogens with one attached hydrogen (secondary N) is 1. The average Bonchev–Trinajstić information content (AvgIpc) is 2.47. The summed E-state index contributed by atoms with van der Waals surface area (Å²) in [5.74, 6) is 0. The van der Waals surface area contributed by atoms with Gasteiger partial charge in [0.1, 0.15) is 0 Å². The Hall–Kier alpha value is -0.120. The molecule has 0 aromatic carbocycles. The zero-order chi connectivity index (χ0) is 14.3. The summed E-state index contributed by atoms with van der Waals surface area (Å²) in [4.78, 5) is 2.70. The smallest absolute Gasteiger partial charge is 0.0613 e. The molecule has 0 saturated heterocycles. The molecular formula is C16H34N2O. The molecule has 1 aliphatic carbocycles. The first kappa shape index (κ1) is 16.9. The minimum absolute atomic E-state index is 0.0408. The van der Waals surface area contributed by atoms with Crippen LogP contribution in [0, 0.1) is 0 Å². The van der Waals surface area contributed by atoms with Gasteiger partial charge in [-0.15, -0.1) is 0 Å². The SMILES string of the molecule is CCCCN(C(C)CC)C1CCCC(CO)(NC)C1. The molecule has 0 aromatic heterocycles. The third-order valence-corrected chi connectivity index (χ3v) is 5.05. The molecule has 1 saturated carbocycles. The Kier molecular flexibility index (Phi) is 7.33. The molecule has 0 heterocycles. The molecule has 3 heteroatoms. The zero-order valence-electron chi connectivity index (χ0n) is 13.4. The minimum Gasteiger partial charge on any atom is -0.394 e. The van der Waals surface area contributed by atoms with Crippen molar-refractivity contribution >= 4 is 0 Å². The van der Waals surface area contributed by atoms with Gasteiger partial charge in [0.15, 0.2) is 0 Å². The molecule has 114 valence electrons. The number of nitrogens with zero attached hydrogens (tertiary/aromatic N) is 1. The number of aliphatic hydroxyl groups excluding tert-OH is 1. The highest BCUT2D eigenvalue weighted by atomic mass is 16.3. The van der Waals surface area contributed by atoms with Crippen molar-refractivity contribution in [1.82, 2.24) is 10.2 Å². The van der Waals surface area contributed by atoms with E-state index in [1.165, 1.54) is 38.6 Å². The van der Waals surface area contributed by atoms with Crippen molar-refractivity contribution in [2.75, 3.05) is 20.2 Å². The molecule has 3 atom stereocenters. The van der Waals surface area contributed by atoms with Gasteiger partial charge in [-0.2, -0.15) is 0 Å². The Morgan fingerprint density at radius 1 is 1.42 bits per heavy atom. The van der Waals surface area contributed by atoms with Crippen LogP contribution < -0.4 is 5.32 Å². The fraction of sp³-hybridized carbons (Fsp3) is 1.00. The molecule has 2 N–H and O–H groups in total. The predicted molar refractivity (Wildman–Crippen MR) is 82.5 cm³/mol. The average molecular weight is 270 g/mol. The lowest BCUT2D eigenvalue weighted by Gasteiger charge is -2.46. The van der Waals surface area contributed by atoms with Crippen LogP contribution in [0.2, 0.25) is 0 Å². The van der Waals surface area contributed by atoms with Gasteiger partial charge in [0.05, 0.1) is 6.61 Å². The third kappa shape index (κ3) is 4.44. The Morgan fingerprint density at radius 3 is 2.68 bits per heavy atom. The molecule has 1 fully saturated rings. The van der Waals surface area contributed by atoms with E-state index in [2.05, 4.69) is 31.0 Å². The van der Waals surface area contributed by atoms with Gasteiger partial charge in [-0.3, -0.25) is 4.90 Å². The Morgan fingerprint density at radius 2 is 2.16 bits per heavy atom. The van der Waals surface area contributed by atoms with Crippen LogP contribution in [0.1, 0.15) is 65.7 Å². The van der Waals surface area contributed by atoms with Crippen molar-refractivity contribution in [2.24, 2.45) is 0 Å². The van der Waals surface area contributed by atoms with Crippen LogP contribution in [-0.4, -0.2) is 47.8 Å². The Labute approximate surface area is 119 Å². The van der Waals surface area contributed by atoms with E-state index < -0.39 is 0 Å². The molecular weight excluding hydrogens is 236 g/mol. The molecule has 0 aliphatic heterocycles. The molecule has 0 aromatic rings. The zero-order valence-corrected chi connectivity index (χ0v) is 13.4. The summed E-state index contributed by atoms with van der Waals surface area (Å²) in [7, 11) is 2.00. The first-order valence-electron chi connectivity index (χ1n) is 8.18. The lowest BCUT2D eigenvalue weighted by atomic mass is 9.78. The maximum Gasteiger partial charge on any atom is 0.0613 e. The van der Waals surface area contributed by atoms with Crippen molar-refractivity contribution < 1.29 is 5.11 Å². The summed E-state index contributed by atoms with van der Waals surface area (Å²) in [5.41, 5.74) is -0.0408. The molecule has 0 spiro atoms. The summed E-state index contributed by atoms with van der Waals surface area (Å²) < 4.78 is 0. The fourth-order valence-electron chi connectivity index (χ4n) is 3.40. The van der Waals surface area contributed by atoms with E-state index in [0.717, 1.165) is 12.8 Å². The van der Waals surface area contributed by atoms with Gasteiger partial charge in [-0.1, -0.05) is 20.3 Å². The number of unbranched alkanes of at least 4 members (excludes halogenated alkanes) is 1. The second kappa shape index (κ2) is 8.23. The predicted octanol–water partition coefficient (Wildman–Crippen LogP) is 2.78. The third-order valence-electron chi connectivity index (χ3n) is 5.05. The molecule has 1 rings (SSSR count). The first-order chi connectivity index (χ1) is 9.12. The number of rotatable bonds is 8. The topological polar surface area (TPSA) is 35.5 Å². The lowest BCUT2D eigenvalue weighted by Crippen LogP contribution is -2.56. The minimum atomic E-state index is -0.0408. The van der Waals surface area contributed by atoms with Crippen LogP contribution in [0.4, 0.5) is 0 Å². The van der Waals surface area contributed by atoms with Crippen LogP contribution in [0.3, 0.4) is 0 Å². The summed E-state index contributed by atoms with van der Waals surface area (Å²) in [6.07, 6.45) is 8.48. The van der Waals surface area contributed by atoms with Crippen molar-refractivity contribution in [3.8, 4) is 0 Å². The van der Waals surface area contributed by atoms with E-state index in [1.54, 1.807) is 0 Å². The maximum absolute atomic E-state index is 9.73. The molecule has 0 amide bonds. The first-order valence-corrected chi connectivity index (χ1v) is 8.18. The number of hydrogen-bond acceptors (Lipinski definition) is 3. The van der Waals surface area contributed by atoms with Gasteiger partial charge in [-0.25, -0.2) is 0 Å². The van der Waals surface area contributed by atoms with Gasteiger partial charge in [0, 0.05) is 17.6 Å². The van der Waals surface area contributed by atoms with E-state index in [4.69, 9.17) is 0 Å². The monoisotopic (exact) mass is 270 g/mol. The standard InChI is InChI=1S/C16H34N2O/c1-5-7-11-18(14(3)6-2)15-9-8-10-16(12-15,13-19)17-4/h14-15,17,19H,5-13H2,1-4H3. The van der Waals surface area contributed by atoms with Crippen molar-refractivity contribution in [2.45, 2.75) is 83.3 Å². The summed E-state index contributed by atoms with van der Waals surface area (Å²) in [6.45, 7) is 8.37. The molecule has 0 bridgehead atoms. The van der Waals surface area contributed by atoms with E-state index in [0.29, 0.717) is 12.1 Å². The van der Waals surface area contributed by atoms with Gasteiger partial charge in [0.25, 0.3) is 0 Å². The highest BCUT2D eigenvalue weighted by molar-refractivity contribution is 4.96. The van der Waals surface area contributed by atoms with Crippen molar-refractivity contribution in [3.63, 3.8) is 0 Å². The Balaban J connectivity index is 2.71. The van der Waals surface area contributed by atoms with Crippen molar-refractivity contribution in [1.29, 1.82) is 0 Å². The van der Waals surface area contributed by atoms with Gasteiger partial charge in [-0.05, 0) is 59.0 Å². The normalized spacial score (nSPS) is 29.7. The maximum atomic E-state index is 9.73. The van der Waals surface area contributed by atoms with Crippen LogP contribution >= 0.6 is 0 Å². The summed E-state index contributed by atoms with van der Waals surface area (Å²) in [5, 5.41) is 13.1. The lowest BCUT2D eigenvalue weighted by molar-refractivity contribution is 0.0435. The van der Waals surface area contributed by atoms with E-state index >= 15 is 0 Å². The van der Waals surface area contributed by atoms with Crippen LogP contribution in [0.25, 0.3) is 0 Å². The van der Waals surface area contributed by atoms with Crippen LogP contribution in [0.15, 0.2) is 0 Å². The molecule has 3 nitrogen and oxygen atoms in total. The van der Waals surface area contributed by atoms with Crippen molar-refractivity contribution in [3.05, 3.63) is 0 Å². The quantitative estimate of drug-likeness (QED) is 0.712. The highest BCUT2D eigenvalue weighted by Gasteiger charge is 2.37. The van der Waals surface area contributed by atoms with Gasteiger partial charge < -0.3 is 10.4 Å². The number of likely N-dealkylation sites (N-methyl/N-ethyl adjacent to an activating group) is 1. The fourth-order valence-corrected chi connectivity index (χ4v) is 3.40. The number of aliphatic hydroxyl groups is 1. The summed E-state index contributed by atoms with van der Waals surface area (Å²) in [6, 6.07) is 1.29. The summed E-state index contributed by atoms with van der Waals surface area (Å²) >= 11 is 0. The number of hydrogen-bond donors (Lipinski definition) is 2. The van der Waals surface area contributed by atoms with E-state index in [-0.39, 0.29) is 12.1 Å². The Bertz CT molecular complexity index is 241. The van der Waals surface area contributed by atoms with Gasteiger partial charge in [0.2, 0.25) is 0 Å². The second-order valence-electron chi connectivity index (χ2n) is 6.29. The highest BCUT2D eigenvalue weighted by Crippen LogP contribution is 2.32. The van der Waals surface area contributed by atoms with Gasteiger partial charge >= 0.3 is 0 Å². The van der Waals surface area contributed by atoms with E-state index in [9.17, 15) is 5.11 Å². The van der Waals surface area contributed by atoms with Crippen LogP contribution in [0.5, 0.6) is 0 Å². The molecule has 0 radical (unpaired) electrons.